The molecule has 0 spiro atoms. The number of carbonyl (C=O) groups excluding carboxylic acids is 1. The van der Waals surface area contributed by atoms with Crippen LogP contribution in [0, 0.1) is 6.57 Å². The molecule has 44 heavy (non-hydrogen) atoms. The Morgan fingerprint density at radius 3 is 2.77 bits per heavy atom. The Bertz CT molecular complexity index is 1590. The normalized spacial score (nSPS) is 19.2. The van der Waals surface area contributed by atoms with Gasteiger partial charge in [-0.3, -0.25) is 4.79 Å². The van der Waals surface area contributed by atoms with Gasteiger partial charge in [0.15, 0.2) is 0 Å². The van der Waals surface area contributed by atoms with Gasteiger partial charge < -0.3 is 29.0 Å². The zero-order chi connectivity index (χ0) is 30.6. The topological polar surface area (TPSA) is 75.4 Å². The summed E-state index contributed by atoms with van der Waals surface area (Å²) in [5.41, 5.74) is 2.97. The first-order chi connectivity index (χ1) is 21.4. The number of nitrogens with zero attached hydrogens (tertiary/aromatic N) is 6. The smallest absolute Gasteiger partial charge is 0.319 e. The van der Waals surface area contributed by atoms with Crippen molar-refractivity contribution < 1.29 is 18.7 Å². The molecule has 6 rings (SSSR count). The summed E-state index contributed by atoms with van der Waals surface area (Å²) < 4.78 is 24.8. The van der Waals surface area contributed by atoms with Gasteiger partial charge in [0, 0.05) is 48.9 Å². The highest BCUT2D eigenvalue weighted by Crippen LogP contribution is 2.37. The van der Waals surface area contributed by atoms with Gasteiger partial charge in [-0.1, -0.05) is 35.9 Å². The van der Waals surface area contributed by atoms with Crippen LogP contribution >= 0.6 is 11.6 Å². The van der Waals surface area contributed by atoms with Gasteiger partial charge in [0.1, 0.15) is 24.6 Å². The predicted molar refractivity (Wildman–Crippen MR) is 169 cm³/mol. The minimum atomic E-state index is -0.707. The van der Waals surface area contributed by atoms with Crippen molar-refractivity contribution >= 4 is 39.8 Å². The third-order valence-electron chi connectivity index (χ3n) is 8.31. The molecule has 2 fully saturated rings. The number of allylic oxidation sites excluding steroid dienone is 1. The Kier molecular flexibility index (Phi) is 9.14. The molecule has 3 heterocycles. The summed E-state index contributed by atoms with van der Waals surface area (Å²) in [4.78, 5) is 32.3. The summed E-state index contributed by atoms with van der Waals surface area (Å²) in [6.45, 7) is 12.0. The van der Waals surface area contributed by atoms with Crippen LogP contribution in [0.25, 0.3) is 15.6 Å². The standard InChI is InChI=1S/C33H36ClFN6O3/c1-22(21-43-25-11-12-25)44-33-37-28-20-39(29-9-4-7-23-6-3-8-27(34)31(23)29)15-13-26(28)32(38-33)40-16-17-41(24(19-40)18-36-2)30(42)10-5-14-35/h3-10,22,24-25H,11-21H2,1H3/b10-5+/t22-,24+/m1/s1. The number of piperazine rings is 1. The van der Waals surface area contributed by atoms with E-state index in [2.05, 4.69) is 32.8 Å². The quantitative estimate of drug-likeness (QED) is 0.227. The van der Waals surface area contributed by atoms with E-state index < -0.39 is 6.67 Å². The Morgan fingerprint density at radius 1 is 1.18 bits per heavy atom. The molecule has 1 saturated heterocycles. The van der Waals surface area contributed by atoms with Crippen molar-refractivity contribution in [2.24, 2.45) is 0 Å². The van der Waals surface area contributed by atoms with Gasteiger partial charge in [-0.2, -0.15) is 9.97 Å². The van der Waals surface area contributed by atoms with Crippen molar-refractivity contribution in [3.63, 3.8) is 0 Å². The van der Waals surface area contributed by atoms with E-state index in [-0.39, 0.29) is 30.6 Å². The molecule has 1 aromatic heterocycles. The molecule has 9 nitrogen and oxygen atoms in total. The largest absolute Gasteiger partial charge is 0.458 e. The zero-order valence-electron chi connectivity index (χ0n) is 24.8. The molecular formula is C33H36ClFN6O3. The van der Waals surface area contributed by atoms with Crippen molar-refractivity contribution in [1.29, 1.82) is 0 Å². The molecule has 0 N–H and O–H groups in total. The summed E-state index contributed by atoms with van der Waals surface area (Å²) in [7, 11) is 0. The molecule has 3 aliphatic rings. The monoisotopic (exact) mass is 618 g/mol. The van der Waals surface area contributed by atoms with E-state index in [1.807, 2.05) is 25.1 Å². The minimum Gasteiger partial charge on any atom is -0.458 e. The number of hydrogen-bond acceptors (Lipinski definition) is 7. The van der Waals surface area contributed by atoms with Crippen LogP contribution in [0.3, 0.4) is 0 Å². The van der Waals surface area contributed by atoms with Crippen LogP contribution in [0.1, 0.15) is 31.0 Å². The Hall–Kier alpha value is -3.94. The predicted octanol–water partition coefficient (Wildman–Crippen LogP) is 5.25. The third-order valence-corrected chi connectivity index (χ3v) is 8.62. The number of alkyl halides is 1. The molecule has 0 unspecified atom stereocenters. The fourth-order valence-corrected chi connectivity index (χ4v) is 6.29. The van der Waals surface area contributed by atoms with Crippen LogP contribution in [-0.2, 0) is 22.5 Å². The average Bonchev–Trinajstić information content (AvgIpc) is 3.87. The molecule has 2 aromatic carbocycles. The van der Waals surface area contributed by atoms with Crippen LogP contribution in [0.2, 0.25) is 5.02 Å². The number of aromatic nitrogens is 2. The summed E-state index contributed by atoms with van der Waals surface area (Å²) in [5, 5.41) is 2.80. The van der Waals surface area contributed by atoms with E-state index in [1.54, 1.807) is 4.90 Å². The van der Waals surface area contributed by atoms with E-state index >= 15 is 0 Å². The highest BCUT2D eigenvalue weighted by atomic mass is 35.5. The highest BCUT2D eigenvalue weighted by Gasteiger charge is 2.35. The first-order valence-electron chi connectivity index (χ1n) is 15.2. The van der Waals surface area contributed by atoms with Crippen molar-refractivity contribution in [3.8, 4) is 6.01 Å². The number of hydrogen-bond donors (Lipinski definition) is 0. The summed E-state index contributed by atoms with van der Waals surface area (Å²) in [6.07, 6.45) is 5.43. The molecule has 230 valence electrons. The lowest BCUT2D eigenvalue weighted by Gasteiger charge is -2.41. The van der Waals surface area contributed by atoms with Crippen molar-refractivity contribution in [1.82, 2.24) is 14.9 Å². The maximum absolute atomic E-state index is 12.8. The molecule has 2 atom stereocenters. The number of fused-ring (bicyclic) bond motifs is 2. The maximum atomic E-state index is 12.8. The van der Waals surface area contributed by atoms with E-state index in [1.165, 1.54) is 12.2 Å². The Morgan fingerprint density at radius 2 is 2.00 bits per heavy atom. The van der Waals surface area contributed by atoms with E-state index in [9.17, 15) is 9.18 Å². The van der Waals surface area contributed by atoms with Gasteiger partial charge in [-0.25, -0.2) is 11.0 Å². The van der Waals surface area contributed by atoms with Crippen LogP contribution in [-0.4, -0.2) is 85.0 Å². The number of amides is 1. The lowest BCUT2D eigenvalue weighted by Crippen LogP contribution is -2.56. The maximum Gasteiger partial charge on any atom is 0.319 e. The molecule has 1 amide bonds. The molecule has 0 bridgehead atoms. The van der Waals surface area contributed by atoms with Gasteiger partial charge >= 0.3 is 6.01 Å². The van der Waals surface area contributed by atoms with Crippen molar-refractivity contribution in [2.75, 3.05) is 55.8 Å². The van der Waals surface area contributed by atoms with Crippen LogP contribution in [0.5, 0.6) is 6.01 Å². The summed E-state index contributed by atoms with van der Waals surface area (Å²) in [5.74, 6) is 0.496. The lowest BCUT2D eigenvalue weighted by atomic mass is 10.0. The van der Waals surface area contributed by atoms with Gasteiger partial charge in [-0.15, -0.1) is 0 Å². The SMILES string of the molecule is [C-]#[N+]C[C@H]1CN(c2nc(O[C@H](C)COC3CC3)nc3c2CCN(c2cccc4cccc(Cl)c24)C3)CCN1C(=O)/C=C/CF. The van der Waals surface area contributed by atoms with Crippen LogP contribution < -0.4 is 14.5 Å². The van der Waals surface area contributed by atoms with Gasteiger partial charge in [-0.05, 0) is 49.8 Å². The first-order valence-corrected chi connectivity index (χ1v) is 15.5. The van der Waals surface area contributed by atoms with E-state index in [0.717, 1.165) is 52.9 Å². The second kappa shape index (κ2) is 13.4. The minimum absolute atomic E-state index is 0.146. The number of ether oxygens (including phenoxy) is 2. The molecule has 1 aliphatic carbocycles. The molecule has 1 saturated carbocycles. The molecule has 0 radical (unpaired) electrons. The van der Waals surface area contributed by atoms with Gasteiger partial charge in [0.05, 0.1) is 30.0 Å². The summed E-state index contributed by atoms with van der Waals surface area (Å²) >= 11 is 6.69. The fourth-order valence-electron chi connectivity index (χ4n) is 6.01. The van der Waals surface area contributed by atoms with Gasteiger partial charge in [0.25, 0.3) is 0 Å². The third kappa shape index (κ3) is 6.59. The molecule has 3 aromatic rings. The van der Waals surface area contributed by atoms with E-state index in [4.69, 9.17) is 37.6 Å². The summed E-state index contributed by atoms with van der Waals surface area (Å²) in [6, 6.07) is 12.1. The fraction of sp³-hybridized carbons (Fsp3) is 0.455. The van der Waals surface area contributed by atoms with Crippen LogP contribution in [0.15, 0.2) is 48.6 Å². The second-order valence-corrected chi connectivity index (χ2v) is 11.9. The number of carbonyl (C=O) groups is 1. The Balaban J connectivity index is 1.31. The first kappa shape index (κ1) is 30.1. The zero-order valence-corrected chi connectivity index (χ0v) is 25.5. The highest BCUT2D eigenvalue weighted by molar-refractivity contribution is 6.36. The Labute approximate surface area is 262 Å². The van der Waals surface area contributed by atoms with Crippen molar-refractivity contribution in [2.45, 2.75) is 51.0 Å². The number of rotatable bonds is 10. The van der Waals surface area contributed by atoms with Crippen LogP contribution in [0.4, 0.5) is 15.9 Å². The molecule has 2 aliphatic heterocycles. The number of anilines is 2. The molecular weight excluding hydrogens is 583 g/mol. The molecule has 11 heteroatoms. The van der Waals surface area contributed by atoms with E-state index in [0.29, 0.717) is 50.3 Å². The second-order valence-electron chi connectivity index (χ2n) is 11.5. The van der Waals surface area contributed by atoms with Gasteiger partial charge in [0.2, 0.25) is 12.5 Å². The number of benzene rings is 2. The number of halogens is 2. The lowest BCUT2D eigenvalue weighted by molar-refractivity contribution is -0.128. The average molecular weight is 619 g/mol. The van der Waals surface area contributed by atoms with Crippen molar-refractivity contribution in [3.05, 3.63) is 76.2 Å².